The quantitative estimate of drug-likeness (QED) is 0.743. The van der Waals surface area contributed by atoms with Crippen molar-refractivity contribution in [1.82, 2.24) is 4.98 Å². The van der Waals surface area contributed by atoms with Crippen molar-refractivity contribution in [2.24, 2.45) is 5.73 Å². The first-order chi connectivity index (χ1) is 12.6. The van der Waals surface area contributed by atoms with Crippen LogP contribution in [-0.4, -0.2) is 11.5 Å². The van der Waals surface area contributed by atoms with Gasteiger partial charge in [-0.15, -0.1) is 0 Å². The number of anilines is 1. The van der Waals surface area contributed by atoms with E-state index >= 15 is 0 Å². The van der Waals surface area contributed by atoms with Crippen molar-refractivity contribution in [3.05, 3.63) is 71.6 Å². The maximum absolute atomic E-state index is 13.4. The fourth-order valence-corrected chi connectivity index (χ4v) is 2.72. The van der Waals surface area contributed by atoms with Crippen LogP contribution in [0.3, 0.4) is 0 Å². The molecule has 27 heavy (non-hydrogen) atoms. The normalized spacial score (nSPS) is 15.0. The Kier molecular flexibility index (Phi) is 4.63. The Morgan fingerprint density at radius 2 is 1.56 bits per heavy atom. The van der Waals surface area contributed by atoms with Crippen molar-refractivity contribution in [2.45, 2.75) is 12.4 Å². The molecule has 1 aliphatic heterocycles. The Bertz CT molecular complexity index is 912. The molecule has 0 unspecified atom stereocenters. The number of nitrogens with zero attached hydrogens (tertiary/aromatic N) is 2. The molecule has 0 amide bonds. The van der Waals surface area contributed by atoms with E-state index in [1.807, 2.05) is 0 Å². The topological polar surface area (TPSA) is 42.1 Å². The monoisotopic (exact) mass is 385 g/mol. The van der Waals surface area contributed by atoms with Crippen LogP contribution in [0.2, 0.25) is 0 Å². The first kappa shape index (κ1) is 18.8. The van der Waals surface area contributed by atoms with Crippen molar-refractivity contribution in [3.63, 3.8) is 0 Å². The highest BCUT2D eigenvalue weighted by molar-refractivity contribution is 5.70. The lowest BCUT2D eigenvalue weighted by atomic mass is 9.99. The summed E-state index contributed by atoms with van der Waals surface area (Å²) < 4.78 is 80.3. The van der Waals surface area contributed by atoms with Gasteiger partial charge in [-0.25, -0.2) is 4.98 Å². The number of hydrogen-bond donors (Lipinski definition) is 1. The number of allylic oxidation sites excluding steroid dienone is 2. The van der Waals surface area contributed by atoms with Crippen molar-refractivity contribution in [3.8, 4) is 11.3 Å². The molecule has 0 spiro atoms. The minimum atomic E-state index is -4.87. The molecule has 0 saturated carbocycles. The van der Waals surface area contributed by atoms with Gasteiger partial charge < -0.3 is 10.6 Å². The first-order valence-electron chi connectivity index (χ1n) is 7.73. The summed E-state index contributed by atoms with van der Waals surface area (Å²) in [5, 5.41) is 0. The lowest BCUT2D eigenvalue weighted by Gasteiger charge is -2.26. The maximum atomic E-state index is 13.4. The molecule has 1 aromatic carbocycles. The summed E-state index contributed by atoms with van der Waals surface area (Å²) in [5.74, 6) is 0.243. The molecule has 3 rings (SSSR count). The zero-order valence-corrected chi connectivity index (χ0v) is 13.6. The van der Waals surface area contributed by atoms with E-state index in [1.165, 1.54) is 17.0 Å². The van der Waals surface area contributed by atoms with Crippen LogP contribution < -0.4 is 10.6 Å². The van der Waals surface area contributed by atoms with Crippen LogP contribution in [-0.2, 0) is 12.4 Å². The Labute approximate surface area is 150 Å². The Hall–Kier alpha value is -2.97. The average Bonchev–Trinajstić information content (AvgIpc) is 2.60. The zero-order valence-electron chi connectivity index (χ0n) is 13.6. The van der Waals surface area contributed by atoms with E-state index in [0.717, 1.165) is 30.3 Å². The van der Waals surface area contributed by atoms with Crippen LogP contribution >= 0.6 is 0 Å². The van der Waals surface area contributed by atoms with Crippen molar-refractivity contribution in [1.29, 1.82) is 0 Å². The average molecular weight is 385 g/mol. The number of halogens is 6. The van der Waals surface area contributed by atoms with Crippen LogP contribution in [0, 0.1) is 0 Å². The summed E-state index contributed by atoms with van der Waals surface area (Å²) in [4.78, 5) is 5.31. The van der Waals surface area contributed by atoms with Gasteiger partial charge in [0.15, 0.2) is 0 Å². The second kappa shape index (κ2) is 6.64. The fourth-order valence-electron chi connectivity index (χ4n) is 2.72. The molecule has 2 aromatic rings. The summed E-state index contributed by atoms with van der Waals surface area (Å²) in [5.41, 5.74) is 1.93. The molecule has 1 aliphatic rings. The Balaban J connectivity index is 2.23. The molecule has 2 N–H and O–H groups in total. The van der Waals surface area contributed by atoms with Crippen LogP contribution in [0.25, 0.3) is 11.3 Å². The maximum Gasteiger partial charge on any atom is 0.418 e. The molecule has 0 aliphatic carbocycles. The predicted octanol–water partition coefficient (Wildman–Crippen LogP) is 4.96. The molecule has 0 bridgehead atoms. The van der Waals surface area contributed by atoms with Gasteiger partial charge >= 0.3 is 12.4 Å². The largest absolute Gasteiger partial charge is 0.418 e. The molecule has 2 heterocycles. The van der Waals surface area contributed by atoms with Gasteiger partial charge in [0.25, 0.3) is 0 Å². The fraction of sp³-hybridized carbons (Fsp3) is 0.167. The van der Waals surface area contributed by atoms with Gasteiger partial charge in [0.1, 0.15) is 11.6 Å². The molecule has 0 radical (unpaired) electrons. The molecular weight excluding hydrogens is 372 g/mol. The summed E-state index contributed by atoms with van der Waals surface area (Å²) >= 11 is 0. The standard InChI is InChI=1S/C18H13F6N3/c19-17(20,21)12-6-2-1-5-11(12)16-13(18(22,23)24)8-9-15(26-16)27-10-4-3-7-14(27)25/h1-9H,10,25H2. The molecule has 0 fully saturated rings. The second-order valence-corrected chi connectivity index (χ2v) is 5.74. The van der Waals surface area contributed by atoms with Gasteiger partial charge in [-0.2, -0.15) is 26.3 Å². The minimum absolute atomic E-state index is 0.0214. The van der Waals surface area contributed by atoms with Gasteiger partial charge in [-0.05, 0) is 24.3 Å². The number of pyridine rings is 1. The number of alkyl halides is 6. The Morgan fingerprint density at radius 3 is 2.19 bits per heavy atom. The van der Waals surface area contributed by atoms with Crippen LogP contribution in [0.5, 0.6) is 0 Å². The molecule has 3 nitrogen and oxygen atoms in total. The number of nitrogens with two attached hydrogens (primary N) is 1. The van der Waals surface area contributed by atoms with E-state index in [9.17, 15) is 26.3 Å². The first-order valence-corrected chi connectivity index (χ1v) is 7.73. The molecular formula is C18H13F6N3. The molecule has 0 saturated heterocycles. The van der Waals surface area contributed by atoms with E-state index in [0.29, 0.717) is 0 Å². The summed E-state index contributed by atoms with van der Waals surface area (Å²) in [6, 6.07) is 5.84. The third-order valence-electron chi connectivity index (χ3n) is 3.95. The van der Waals surface area contributed by atoms with E-state index in [-0.39, 0.29) is 18.2 Å². The lowest BCUT2D eigenvalue weighted by molar-refractivity contribution is -0.139. The van der Waals surface area contributed by atoms with Crippen LogP contribution in [0.1, 0.15) is 11.1 Å². The zero-order chi connectivity index (χ0) is 19.8. The second-order valence-electron chi connectivity index (χ2n) is 5.74. The third-order valence-corrected chi connectivity index (χ3v) is 3.95. The molecule has 0 atom stereocenters. The lowest BCUT2D eigenvalue weighted by Crippen LogP contribution is -2.30. The van der Waals surface area contributed by atoms with Crippen LogP contribution in [0.15, 0.2) is 60.4 Å². The smallest absolute Gasteiger partial charge is 0.385 e. The molecule has 9 heteroatoms. The summed E-state index contributed by atoms with van der Waals surface area (Å²) in [6.07, 6.45) is -4.83. The van der Waals surface area contributed by atoms with E-state index in [4.69, 9.17) is 5.73 Å². The van der Waals surface area contributed by atoms with Gasteiger partial charge in [-0.3, -0.25) is 0 Å². The highest BCUT2D eigenvalue weighted by Crippen LogP contribution is 2.42. The van der Waals surface area contributed by atoms with E-state index in [2.05, 4.69) is 4.98 Å². The van der Waals surface area contributed by atoms with Crippen LogP contribution in [0.4, 0.5) is 32.2 Å². The predicted molar refractivity (Wildman–Crippen MR) is 88.4 cm³/mol. The number of hydrogen-bond acceptors (Lipinski definition) is 3. The number of rotatable bonds is 2. The molecule has 1 aromatic heterocycles. The van der Waals surface area contributed by atoms with E-state index in [1.54, 1.807) is 12.2 Å². The van der Waals surface area contributed by atoms with E-state index < -0.39 is 34.7 Å². The Morgan fingerprint density at radius 1 is 0.889 bits per heavy atom. The number of aromatic nitrogens is 1. The highest BCUT2D eigenvalue weighted by Gasteiger charge is 2.39. The summed E-state index contributed by atoms with van der Waals surface area (Å²) in [7, 11) is 0. The molecule has 142 valence electrons. The van der Waals surface area contributed by atoms with Gasteiger partial charge in [0, 0.05) is 12.1 Å². The van der Waals surface area contributed by atoms with Gasteiger partial charge in [-0.1, -0.05) is 30.4 Å². The third kappa shape index (κ3) is 3.76. The van der Waals surface area contributed by atoms with Gasteiger partial charge in [0.2, 0.25) is 0 Å². The highest BCUT2D eigenvalue weighted by atomic mass is 19.4. The minimum Gasteiger partial charge on any atom is -0.385 e. The SMILES string of the molecule is NC1=CC=CCN1c1ccc(C(F)(F)F)c(-c2ccccc2C(F)(F)F)n1. The number of benzene rings is 1. The summed E-state index contributed by atoms with van der Waals surface area (Å²) in [6.45, 7) is 0.237. The van der Waals surface area contributed by atoms with Crippen molar-refractivity contribution in [2.75, 3.05) is 11.4 Å². The van der Waals surface area contributed by atoms with Crippen molar-refractivity contribution >= 4 is 5.82 Å². The van der Waals surface area contributed by atoms with Gasteiger partial charge in [0.05, 0.1) is 16.8 Å². The van der Waals surface area contributed by atoms with Crippen molar-refractivity contribution < 1.29 is 26.3 Å².